The quantitative estimate of drug-likeness (QED) is 0.617. The first kappa shape index (κ1) is 14.4. The second kappa shape index (κ2) is 6.43. The van der Waals surface area contributed by atoms with Crippen LogP contribution in [0.25, 0.3) is 0 Å². The van der Waals surface area contributed by atoms with E-state index in [1.807, 2.05) is 0 Å². The summed E-state index contributed by atoms with van der Waals surface area (Å²) in [7, 11) is 0. The summed E-state index contributed by atoms with van der Waals surface area (Å²) in [6.07, 6.45) is 5.81. The first-order chi connectivity index (χ1) is 9.11. The third-order valence-electron chi connectivity index (χ3n) is 3.37. The summed E-state index contributed by atoms with van der Waals surface area (Å²) in [5.41, 5.74) is 0.922. The zero-order chi connectivity index (χ0) is 13.8. The molecule has 0 saturated heterocycles. The molecule has 1 aliphatic rings. The van der Waals surface area contributed by atoms with E-state index in [9.17, 15) is 10.1 Å². The van der Waals surface area contributed by atoms with Crippen LogP contribution >= 0.6 is 15.9 Å². The molecule has 1 aromatic rings. The number of hydrogen-bond acceptors (Lipinski definition) is 4. The lowest BCUT2D eigenvalue weighted by Gasteiger charge is -2.18. The molecule has 1 fully saturated rings. The van der Waals surface area contributed by atoms with Crippen molar-refractivity contribution in [2.75, 3.05) is 6.54 Å². The average Bonchev–Trinajstić information content (AvgIpc) is 3.20. The highest BCUT2D eigenvalue weighted by atomic mass is 79.9. The first-order valence-electron chi connectivity index (χ1n) is 6.64. The van der Waals surface area contributed by atoms with E-state index >= 15 is 0 Å². The fraction of sp³-hybridized carbons (Fsp3) is 0.615. The molecule has 0 bridgehead atoms. The van der Waals surface area contributed by atoms with Crippen LogP contribution in [0.3, 0.4) is 0 Å². The van der Waals surface area contributed by atoms with Crippen molar-refractivity contribution in [2.24, 2.45) is 5.92 Å². The topological polar surface area (TPSA) is 68.1 Å². The van der Waals surface area contributed by atoms with Gasteiger partial charge < -0.3 is 5.32 Å². The molecule has 1 atom stereocenters. The second-order valence-corrected chi connectivity index (χ2v) is 5.84. The summed E-state index contributed by atoms with van der Waals surface area (Å²) >= 11 is 3.39. The molecular formula is C13H18BrN3O2. The normalized spacial score (nSPS) is 16.3. The largest absolute Gasteiger partial charge is 0.313 e. The van der Waals surface area contributed by atoms with Gasteiger partial charge in [-0.2, -0.15) is 0 Å². The van der Waals surface area contributed by atoms with Crippen molar-refractivity contribution in [3.63, 3.8) is 0 Å². The van der Waals surface area contributed by atoms with Gasteiger partial charge in [0.2, 0.25) is 0 Å². The van der Waals surface area contributed by atoms with Crippen LogP contribution in [0.2, 0.25) is 0 Å². The van der Waals surface area contributed by atoms with E-state index in [1.54, 1.807) is 0 Å². The number of halogens is 1. The van der Waals surface area contributed by atoms with Gasteiger partial charge in [0.05, 0.1) is 10.6 Å². The van der Waals surface area contributed by atoms with Crippen LogP contribution < -0.4 is 5.32 Å². The van der Waals surface area contributed by atoms with E-state index < -0.39 is 4.92 Å². The van der Waals surface area contributed by atoms with Crippen LogP contribution in [0.4, 0.5) is 5.69 Å². The van der Waals surface area contributed by atoms with Gasteiger partial charge in [0.15, 0.2) is 0 Å². The minimum Gasteiger partial charge on any atom is -0.313 e. The molecule has 1 saturated carbocycles. The maximum atomic E-state index is 10.7. The van der Waals surface area contributed by atoms with Crippen LogP contribution in [0, 0.1) is 16.0 Å². The van der Waals surface area contributed by atoms with Gasteiger partial charge >= 0.3 is 0 Å². The van der Waals surface area contributed by atoms with Crippen molar-refractivity contribution >= 4 is 21.6 Å². The van der Waals surface area contributed by atoms with Crippen molar-refractivity contribution < 1.29 is 4.92 Å². The molecule has 1 heterocycles. The number of nitrogens with one attached hydrogen (secondary N) is 1. The van der Waals surface area contributed by atoms with Gasteiger partial charge in [-0.3, -0.25) is 15.1 Å². The highest BCUT2D eigenvalue weighted by Crippen LogP contribution is 2.35. The van der Waals surface area contributed by atoms with Crippen LogP contribution in [0.5, 0.6) is 0 Å². The van der Waals surface area contributed by atoms with E-state index in [-0.39, 0.29) is 5.69 Å². The third kappa shape index (κ3) is 3.98. The Morgan fingerprint density at radius 1 is 1.63 bits per heavy atom. The Bertz CT molecular complexity index is 463. The fourth-order valence-corrected chi connectivity index (χ4v) is 2.65. The first-order valence-corrected chi connectivity index (χ1v) is 7.43. The fourth-order valence-electron chi connectivity index (χ4n) is 2.15. The van der Waals surface area contributed by atoms with Gasteiger partial charge in [-0.25, -0.2) is 0 Å². The van der Waals surface area contributed by atoms with Gasteiger partial charge in [-0.15, -0.1) is 0 Å². The Kier molecular flexibility index (Phi) is 4.87. The lowest BCUT2D eigenvalue weighted by molar-refractivity contribution is -0.385. The molecule has 0 radical (unpaired) electrons. The van der Waals surface area contributed by atoms with E-state index in [0.29, 0.717) is 6.04 Å². The van der Waals surface area contributed by atoms with Crippen LogP contribution in [-0.2, 0) is 6.42 Å². The van der Waals surface area contributed by atoms with Crippen molar-refractivity contribution in [3.05, 3.63) is 32.5 Å². The van der Waals surface area contributed by atoms with Gasteiger partial charge in [0.1, 0.15) is 6.20 Å². The molecule has 19 heavy (non-hydrogen) atoms. The number of aromatic nitrogens is 1. The van der Waals surface area contributed by atoms with Gasteiger partial charge in [-0.05, 0) is 47.7 Å². The molecule has 1 N–H and O–H groups in total. The molecule has 0 aliphatic heterocycles. The summed E-state index contributed by atoms with van der Waals surface area (Å²) in [5, 5.41) is 14.2. The third-order valence-corrected chi connectivity index (χ3v) is 4.06. The number of rotatable bonds is 7. The summed E-state index contributed by atoms with van der Waals surface area (Å²) in [4.78, 5) is 14.5. The molecule has 1 unspecified atom stereocenters. The van der Waals surface area contributed by atoms with Gasteiger partial charge in [0.25, 0.3) is 5.69 Å². The van der Waals surface area contributed by atoms with Gasteiger partial charge in [-0.1, -0.05) is 6.92 Å². The van der Waals surface area contributed by atoms with Crippen LogP contribution in [-0.4, -0.2) is 22.5 Å². The Morgan fingerprint density at radius 2 is 2.37 bits per heavy atom. The van der Waals surface area contributed by atoms with Crippen molar-refractivity contribution in [2.45, 2.75) is 38.6 Å². The maximum Gasteiger partial charge on any atom is 0.288 e. The number of pyridine rings is 1. The Hall–Kier alpha value is -1.01. The molecule has 5 nitrogen and oxygen atoms in total. The molecule has 0 spiro atoms. The Labute approximate surface area is 121 Å². The molecule has 6 heteroatoms. The monoisotopic (exact) mass is 327 g/mol. The SMILES string of the molecule is CCCNC(Cc1ncc([N+](=O)[O-])cc1Br)C1CC1. The smallest absolute Gasteiger partial charge is 0.288 e. The zero-order valence-electron chi connectivity index (χ0n) is 10.9. The molecule has 104 valence electrons. The van der Waals surface area contributed by atoms with Crippen LogP contribution in [0.1, 0.15) is 31.9 Å². The lowest BCUT2D eigenvalue weighted by Crippen LogP contribution is -2.34. The predicted octanol–water partition coefficient (Wildman–Crippen LogP) is 3.07. The standard InChI is InChI=1S/C13H18BrN3O2/c1-2-5-15-12(9-3-4-9)7-13-11(14)6-10(8-16-13)17(18)19/h6,8-9,12,15H,2-5,7H2,1H3. The van der Waals surface area contributed by atoms with Crippen molar-refractivity contribution in [1.82, 2.24) is 10.3 Å². The molecule has 1 aromatic heterocycles. The van der Waals surface area contributed by atoms with E-state index in [0.717, 1.165) is 35.5 Å². The molecular weight excluding hydrogens is 310 g/mol. The van der Waals surface area contributed by atoms with Crippen LogP contribution in [0.15, 0.2) is 16.7 Å². The molecule has 0 amide bonds. The summed E-state index contributed by atoms with van der Waals surface area (Å²) < 4.78 is 0.727. The summed E-state index contributed by atoms with van der Waals surface area (Å²) in [6, 6.07) is 1.97. The molecule has 2 rings (SSSR count). The second-order valence-electron chi connectivity index (χ2n) is 4.98. The average molecular weight is 328 g/mol. The molecule has 1 aliphatic carbocycles. The highest BCUT2D eigenvalue weighted by Gasteiger charge is 2.31. The summed E-state index contributed by atoms with van der Waals surface area (Å²) in [5.74, 6) is 0.732. The van der Waals surface area contributed by atoms with E-state index in [2.05, 4.69) is 33.2 Å². The Morgan fingerprint density at radius 3 is 2.89 bits per heavy atom. The Balaban J connectivity index is 2.06. The lowest BCUT2D eigenvalue weighted by atomic mass is 10.1. The van der Waals surface area contributed by atoms with E-state index in [4.69, 9.17) is 0 Å². The number of hydrogen-bond donors (Lipinski definition) is 1. The summed E-state index contributed by atoms with van der Waals surface area (Å²) in [6.45, 7) is 3.16. The van der Waals surface area contributed by atoms with Gasteiger partial charge in [0, 0.05) is 23.0 Å². The maximum absolute atomic E-state index is 10.7. The number of nitro groups is 1. The zero-order valence-corrected chi connectivity index (χ0v) is 12.5. The molecule has 0 aromatic carbocycles. The number of nitrogens with zero attached hydrogens (tertiary/aromatic N) is 2. The minimum atomic E-state index is -0.421. The van der Waals surface area contributed by atoms with Crippen molar-refractivity contribution in [3.8, 4) is 0 Å². The van der Waals surface area contributed by atoms with Crippen molar-refractivity contribution in [1.29, 1.82) is 0 Å². The minimum absolute atomic E-state index is 0.0279. The predicted molar refractivity (Wildman–Crippen MR) is 77.1 cm³/mol. The highest BCUT2D eigenvalue weighted by molar-refractivity contribution is 9.10. The van der Waals surface area contributed by atoms with E-state index in [1.165, 1.54) is 25.1 Å².